The summed E-state index contributed by atoms with van der Waals surface area (Å²) in [6, 6.07) is 14.2. The lowest BCUT2D eigenvalue weighted by molar-refractivity contribution is -0.143. The normalized spacial score (nSPS) is 15.9. The Hall–Kier alpha value is -2.40. The van der Waals surface area contributed by atoms with Gasteiger partial charge in [0.25, 0.3) is 0 Å². The molecule has 0 unspecified atom stereocenters. The highest BCUT2D eigenvalue weighted by Crippen LogP contribution is 2.20. The number of piperidine rings is 1. The first-order valence-corrected chi connectivity index (χ1v) is 8.51. The minimum absolute atomic E-state index is 0.196. The molecule has 0 spiro atoms. The molecule has 4 nitrogen and oxygen atoms in total. The highest BCUT2D eigenvalue weighted by atomic mass is 19.1. The van der Waals surface area contributed by atoms with E-state index in [2.05, 4.69) is 4.90 Å². The highest BCUT2D eigenvalue weighted by Gasteiger charge is 2.24. The molecule has 1 fully saturated rings. The zero-order valence-corrected chi connectivity index (χ0v) is 14.0. The van der Waals surface area contributed by atoms with Gasteiger partial charge in [0, 0.05) is 6.54 Å². The molecule has 0 aliphatic carbocycles. The quantitative estimate of drug-likeness (QED) is 0.869. The second-order valence-corrected chi connectivity index (χ2v) is 6.45. The van der Waals surface area contributed by atoms with Crippen molar-refractivity contribution in [2.75, 3.05) is 13.1 Å². The summed E-state index contributed by atoms with van der Waals surface area (Å²) in [5.41, 5.74) is 2.11. The third-order valence-electron chi connectivity index (χ3n) is 4.59. The molecule has 1 aliphatic heterocycles. The first-order chi connectivity index (χ1) is 12.1. The van der Waals surface area contributed by atoms with Crippen molar-refractivity contribution >= 4 is 5.97 Å². The van der Waals surface area contributed by atoms with Crippen LogP contribution in [0.25, 0.3) is 0 Å². The Labute approximate surface area is 146 Å². The van der Waals surface area contributed by atoms with Gasteiger partial charge >= 0.3 is 5.97 Å². The number of hydrogen-bond donors (Lipinski definition) is 1. The van der Waals surface area contributed by atoms with Gasteiger partial charge in [0.05, 0.1) is 5.92 Å². The van der Waals surface area contributed by atoms with E-state index in [1.807, 2.05) is 24.3 Å². The van der Waals surface area contributed by atoms with E-state index in [1.165, 1.54) is 17.7 Å². The van der Waals surface area contributed by atoms with Crippen molar-refractivity contribution in [2.45, 2.75) is 26.0 Å². The molecule has 25 heavy (non-hydrogen) atoms. The van der Waals surface area contributed by atoms with Crippen LogP contribution in [0.1, 0.15) is 24.0 Å². The van der Waals surface area contributed by atoms with Crippen LogP contribution in [-0.2, 0) is 17.9 Å². The Morgan fingerprint density at radius 1 is 1.04 bits per heavy atom. The number of likely N-dealkylation sites (tertiary alicyclic amines) is 1. The molecule has 0 aromatic heterocycles. The van der Waals surface area contributed by atoms with Gasteiger partial charge in [0.2, 0.25) is 0 Å². The van der Waals surface area contributed by atoms with Crippen molar-refractivity contribution in [1.29, 1.82) is 0 Å². The van der Waals surface area contributed by atoms with E-state index in [-0.39, 0.29) is 11.7 Å². The maximum atomic E-state index is 12.9. The minimum atomic E-state index is -0.678. The SMILES string of the molecule is O=C(O)C1CCN(Cc2ccc(OCc3ccc(F)cc3)cc2)CC1. The van der Waals surface area contributed by atoms with E-state index in [4.69, 9.17) is 9.84 Å². The number of carboxylic acid groups (broad SMARTS) is 1. The predicted molar refractivity (Wildman–Crippen MR) is 92.8 cm³/mol. The molecule has 132 valence electrons. The number of carboxylic acids is 1. The molecule has 5 heteroatoms. The molecule has 1 aliphatic rings. The van der Waals surface area contributed by atoms with Crippen molar-refractivity contribution in [3.63, 3.8) is 0 Å². The average Bonchev–Trinajstić information content (AvgIpc) is 2.63. The minimum Gasteiger partial charge on any atom is -0.489 e. The monoisotopic (exact) mass is 343 g/mol. The molecule has 0 bridgehead atoms. The van der Waals surface area contributed by atoms with Crippen molar-refractivity contribution < 1.29 is 19.0 Å². The van der Waals surface area contributed by atoms with Gasteiger partial charge in [-0.1, -0.05) is 24.3 Å². The van der Waals surface area contributed by atoms with Gasteiger partial charge < -0.3 is 9.84 Å². The third kappa shape index (κ3) is 5.03. The fourth-order valence-electron chi connectivity index (χ4n) is 3.03. The molecule has 2 aromatic carbocycles. The molecule has 0 amide bonds. The van der Waals surface area contributed by atoms with Gasteiger partial charge in [-0.25, -0.2) is 4.39 Å². The lowest BCUT2D eigenvalue weighted by Gasteiger charge is -2.30. The van der Waals surface area contributed by atoms with Crippen LogP contribution >= 0.6 is 0 Å². The second kappa shape index (κ2) is 8.12. The van der Waals surface area contributed by atoms with Gasteiger partial charge in [-0.2, -0.15) is 0 Å². The van der Waals surface area contributed by atoms with Crippen LogP contribution in [0.15, 0.2) is 48.5 Å². The van der Waals surface area contributed by atoms with Gasteiger partial charge in [0.1, 0.15) is 18.2 Å². The van der Waals surface area contributed by atoms with Gasteiger partial charge in [0.15, 0.2) is 0 Å². The summed E-state index contributed by atoms with van der Waals surface area (Å²) in [6.07, 6.45) is 1.43. The van der Waals surface area contributed by atoms with E-state index < -0.39 is 5.97 Å². The Morgan fingerprint density at radius 3 is 2.24 bits per heavy atom. The molecule has 1 N–H and O–H groups in total. The van der Waals surface area contributed by atoms with Crippen molar-refractivity contribution in [1.82, 2.24) is 4.90 Å². The topological polar surface area (TPSA) is 49.8 Å². The summed E-state index contributed by atoms with van der Waals surface area (Å²) in [4.78, 5) is 13.3. The zero-order chi connectivity index (χ0) is 17.6. The summed E-state index contributed by atoms with van der Waals surface area (Å²) in [6.45, 7) is 2.87. The van der Waals surface area contributed by atoms with E-state index in [9.17, 15) is 9.18 Å². The second-order valence-electron chi connectivity index (χ2n) is 6.45. The number of carbonyl (C=O) groups is 1. The molecule has 2 aromatic rings. The van der Waals surface area contributed by atoms with Crippen molar-refractivity contribution in [2.24, 2.45) is 5.92 Å². The fraction of sp³-hybridized carbons (Fsp3) is 0.350. The summed E-state index contributed by atoms with van der Waals surface area (Å²) in [5, 5.41) is 9.04. The van der Waals surface area contributed by atoms with Gasteiger partial charge in [-0.3, -0.25) is 9.69 Å². The molecule has 0 saturated carbocycles. The molecular formula is C20H22FNO3. The summed E-state index contributed by atoms with van der Waals surface area (Å²) in [5.74, 6) is -0.348. The van der Waals surface area contributed by atoms with Crippen molar-refractivity contribution in [3.05, 3.63) is 65.5 Å². The number of benzene rings is 2. The van der Waals surface area contributed by atoms with Gasteiger partial charge in [-0.05, 0) is 61.3 Å². The lowest BCUT2D eigenvalue weighted by atomic mass is 9.97. The Kier molecular flexibility index (Phi) is 5.66. The molecular weight excluding hydrogens is 321 g/mol. The third-order valence-corrected chi connectivity index (χ3v) is 4.59. The van der Waals surface area contributed by atoms with Gasteiger partial charge in [-0.15, -0.1) is 0 Å². The molecule has 3 rings (SSSR count). The van der Waals surface area contributed by atoms with Crippen LogP contribution in [0.2, 0.25) is 0 Å². The van der Waals surface area contributed by atoms with Crippen LogP contribution < -0.4 is 4.74 Å². The summed E-state index contributed by atoms with van der Waals surface area (Å²) >= 11 is 0. The van der Waals surface area contributed by atoms with E-state index in [0.717, 1.165) is 30.9 Å². The first-order valence-electron chi connectivity index (χ1n) is 8.51. The van der Waals surface area contributed by atoms with Crippen LogP contribution in [0.4, 0.5) is 4.39 Å². The Morgan fingerprint density at radius 2 is 1.64 bits per heavy atom. The Bertz CT molecular complexity index is 692. The molecule has 0 atom stereocenters. The number of nitrogens with zero attached hydrogens (tertiary/aromatic N) is 1. The largest absolute Gasteiger partial charge is 0.489 e. The maximum absolute atomic E-state index is 12.9. The summed E-state index contributed by atoms with van der Waals surface area (Å²) < 4.78 is 18.6. The van der Waals surface area contributed by atoms with Crippen LogP contribution in [0.5, 0.6) is 5.75 Å². The number of halogens is 1. The molecule has 0 radical (unpaired) electrons. The van der Waals surface area contributed by atoms with Crippen LogP contribution in [0, 0.1) is 11.7 Å². The number of ether oxygens (including phenoxy) is 1. The van der Waals surface area contributed by atoms with Crippen molar-refractivity contribution in [3.8, 4) is 5.75 Å². The zero-order valence-electron chi connectivity index (χ0n) is 14.0. The van der Waals surface area contributed by atoms with E-state index >= 15 is 0 Å². The standard InChI is InChI=1S/C20H22FNO3/c21-18-5-1-16(2-6-18)14-25-19-7-3-15(4-8-19)13-22-11-9-17(10-12-22)20(23)24/h1-8,17H,9-14H2,(H,23,24). The maximum Gasteiger partial charge on any atom is 0.306 e. The van der Waals surface area contributed by atoms with Crippen LogP contribution in [-0.4, -0.2) is 29.1 Å². The number of hydrogen-bond acceptors (Lipinski definition) is 3. The summed E-state index contributed by atoms with van der Waals surface area (Å²) in [7, 11) is 0. The smallest absolute Gasteiger partial charge is 0.306 e. The van der Waals surface area contributed by atoms with E-state index in [1.54, 1.807) is 12.1 Å². The fourth-order valence-corrected chi connectivity index (χ4v) is 3.03. The molecule has 1 saturated heterocycles. The first kappa shape index (κ1) is 17.4. The number of aliphatic carboxylic acids is 1. The number of rotatable bonds is 6. The van der Waals surface area contributed by atoms with E-state index in [0.29, 0.717) is 19.4 Å². The Balaban J connectivity index is 1.47. The molecule has 1 heterocycles. The average molecular weight is 343 g/mol. The lowest BCUT2D eigenvalue weighted by Crippen LogP contribution is -2.35. The predicted octanol–water partition coefficient (Wildman–Crippen LogP) is 3.70. The highest BCUT2D eigenvalue weighted by molar-refractivity contribution is 5.70. The van der Waals surface area contributed by atoms with Crippen LogP contribution in [0.3, 0.4) is 0 Å².